The van der Waals surface area contributed by atoms with Gasteiger partial charge in [-0.05, 0) is 36.1 Å². The summed E-state index contributed by atoms with van der Waals surface area (Å²) < 4.78 is 5.08. The second kappa shape index (κ2) is 3.74. The molecule has 0 bridgehead atoms. The molecule has 0 spiro atoms. The van der Waals surface area contributed by atoms with E-state index in [1.165, 1.54) is 0 Å². The van der Waals surface area contributed by atoms with Crippen LogP contribution >= 0.6 is 11.6 Å². The molecule has 1 aromatic rings. The lowest BCUT2D eigenvalue weighted by Gasteiger charge is -2.05. The summed E-state index contributed by atoms with van der Waals surface area (Å²) in [7, 11) is 1.58. The molecular weight excluding hydrogens is 216 g/mol. The largest absolute Gasteiger partial charge is 0.497 e. The second-order valence-electron chi connectivity index (χ2n) is 3.67. The van der Waals surface area contributed by atoms with Crippen LogP contribution in [0.1, 0.15) is 17.9 Å². The van der Waals surface area contributed by atoms with Crippen LogP contribution in [-0.4, -0.2) is 18.2 Å². The third kappa shape index (κ3) is 1.92. The molecule has 1 fully saturated rings. The molecule has 1 aromatic carbocycles. The van der Waals surface area contributed by atoms with Crippen molar-refractivity contribution in [2.75, 3.05) is 7.11 Å². The molecule has 1 N–H and O–H groups in total. The SMILES string of the molecule is COc1ccc(Cl)c(C2CC2C(=O)O)c1. The summed E-state index contributed by atoms with van der Waals surface area (Å²) in [5, 5.41) is 9.44. The highest BCUT2D eigenvalue weighted by Crippen LogP contribution is 2.50. The van der Waals surface area contributed by atoms with E-state index in [1.54, 1.807) is 19.2 Å². The number of halogens is 1. The van der Waals surface area contributed by atoms with E-state index in [1.807, 2.05) is 6.07 Å². The van der Waals surface area contributed by atoms with E-state index in [4.69, 9.17) is 21.4 Å². The van der Waals surface area contributed by atoms with Crippen LogP contribution in [0.4, 0.5) is 0 Å². The zero-order valence-electron chi connectivity index (χ0n) is 8.24. The monoisotopic (exact) mass is 226 g/mol. The first-order valence-corrected chi connectivity index (χ1v) is 5.07. The zero-order valence-corrected chi connectivity index (χ0v) is 8.99. The van der Waals surface area contributed by atoms with E-state index in [2.05, 4.69) is 0 Å². The highest BCUT2D eigenvalue weighted by Gasteiger charge is 2.45. The number of ether oxygens (including phenoxy) is 1. The van der Waals surface area contributed by atoms with Gasteiger partial charge in [-0.2, -0.15) is 0 Å². The standard InChI is InChI=1S/C11H11ClO3/c1-15-6-2-3-10(12)8(4-6)7-5-9(7)11(13)14/h2-4,7,9H,5H2,1H3,(H,13,14). The van der Waals surface area contributed by atoms with Crippen LogP contribution in [0.25, 0.3) is 0 Å². The Bertz CT molecular complexity index is 403. The van der Waals surface area contributed by atoms with Crippen molar-refractivity contribution in [3.05, 3.63) is 28.8 Å². The molecule has 0 saturated heterocycles. The third-order valence-corrected chi connectivity index (χ3v) is 3.05. The van der Waals surface area contributed by atoms with E-state index < -0.39 is 5.97 Å². The van der Waals surface area contributed by atoms with Gasteiger partial charge in [0, 0.05) is 5.02 Å². The number of rotatable bonds is 3. The lowest BCUT2D eigenvalue weighted by Crippen LogP contribution is -1.99. The average molecular weight is 227 g/mol. The van der Waals surface area contributed by atoms with Crippen LogP contribution in [0, 0.1) is 5.92 Å². The Labute approximate surface area is 92.6 Å². The van der Waals surface area contributed by atoms with Crippen molar-refractivity contribution in [3.63, 3.8) is 0 Å². The Kier molecular flexibility index (Phi) is 2.57. The molecule has 0 aromatic heterocycles. The van der Waals surface area contributed by atoms with Gasteiger partial charge in [0.1, 0.15) is 5.75 Å². The van der Waals surface area contributed by atoms with Gasteiger partial charge in [-0.3, -0.25) is 4.79 Å². The van der Waals surface area contributed by atoms with Crippen LogP contribution in [0.5, 0.6) is 5.75 Å². The summed E-state index contributed by atoms with van der Waals surface area (Å²) >= 11 is 6.01. The number of aliphatic carboxylic acids is 1. The molecule has 3 nitrogen and oxygen atoms in total. The molecule has 15 heavy (non-hydrogen) atoms. The van der Waals surface area contributed by atoms with Gasteiger partial charge in [0.05, 0.1) is 13.0 Å². The van der Waals surface area contributed by atoms with Gasteiger partial charge in [-0.15, -0.1) is 0 Å². The van der Waals surface area contributed by atoms with Crippen LogP contribution in [0.15, 0.2) is 18.2 Å². The average Bonchev–Trinajstić information content (AvgIpc) is 2.98. The Morgan fingerprint density at radius 2 is 2.33 bits per heavy atom. The summed E-state index contributed by atoms with van der Waals surface area (Å²) in [6, 6.07) is 5.33. The number of hydrogen-bond donors (Lipinski definition) is 1. The number of carbonyl (C=O) groups is 1. The van der Waals surface area contributed by atoms with E-state index in [9.17, 15) is 4.79 Å². The minimum absolute atomic E-state index is 0.0464. The quantitative estimate of drug-likeness (QED) is 0.862. The van der Waals surface area contributed by atoms with Crippen molar-refractivity contribution in [2.45, 2.75) is 12.3 Å². The predicted molar refractivity (Wildman–Crippen MR) is 56.5 cm³/mol. The maximum Gasteiger partial charge on any atom is 0.307 e. The normalized spacial score (nSPS) is 23.6. The molecular formula is C11H11ClO3. The predicted octanol–water partition coefficient (Wildman–Crippen LogP) is 2.54. The molecule has 2 atom stereocenters. The van der Waals surface area contributed by atoms with Crippen molar-refractivity contribution in [1.82, 2.24) is 0 Å². The summed E-state index contributed by atoms with van der Waals surface area (Å²) in [6.45, 7) is 0. The van der Waals surface area contributed by atoms with E-state index in [0.29, 0.717) is 17.2 Å². The van der Waals surface area contributed by atoms with Gasteiger partial charge < -0.3 is 9.84 Å². The minimum Gasteiger partial charge on any atom is -0.497 e. The van der Waals surface area contributed by atoms with Gasteiger partial charge in [0.15, 0.2) is 0 Å². The fraction of sp³-hybridized carbons (Fsp3) is 0.364. The third-order valence-electron chi connectivity index (χ3n) is 2.71. The summed E-state index contributed by atoms with van der Waals surface area (Å²) in [4.78, 5) is 10.7. The van der Waals surface area contributed by atoms with Crippen LogP contribution < -0.4 is 4.74 Å². The first-order valence-electron chi connectivity index (χ1n) is 4.69. The lowest BCUT2D eigenvalue weighted by atomic mass is 10.1. The smallest absolute Gasteiger partial charge is 0.307 e. The Balaban J connectivity index is 2.25. The fourth-order valence-corrected chi connectivity index (χ4v) is 2.00. The molecule has 0 radical (unpaired) electrons. The summed E-state index contributed by atoms with van der Waals surface area (Å²) in [5.74, 6) is -0.274. The highest BCUT2D eigenvalue weighted by molar-refractivity contribution is 6.31. The molecule has 0 amide bonds. The number of carboxylic acid groups (broad SMARTS) is 1. The van der Waals surface area contributed by atoms with Gasteiger partial charge in [-0.1, -0.05) is 11.6 Å². The molecule has 4 heteroatoms. The van der Waals surface area contributed by atoms with Crippen LogP contribution in [0.2, 0.25) is 5.02 Å². The topological polar surface area (TPSA) is 46.5 Å². The maximum atomic E-state index is 10.7. The number of benzene rings is 1. The molecule has 2 unspecified atom stereocenters. The number of methoxy groups -OCH3 is 1. The van der Waals surface area contributed by atoms with Crippen LogP contribution in [0.3, 0.4) is 0 Å². The molecule has 1 saturated carbocycles. The van der Waals surface area contributed by atoms with Gasteiger partial charge in [0.2, 0.25) is 0 Å². The van der Waals surface area contributed by atoms with Crippen LogP contribution in [-0.2, 0) is 4.79 Å². The molecule has 1 aliphatic carbocycles. The Morgan fingerprint density at radius 3 is 2.87 bits per heavy atom. The van der Waals surface area contributed by atoms with Crippen molar-refractivity contribution >= 4 is 17.6 Å². The first kappa shape index (κ1) is 10.3. The van der Waals surface area contributed by atoms with Gasteiger partial charge in [-0.25, -0.2) is 0 Å². The highest BCUT2D eigenvalue weighted by atomic mass is 35.5. The minimum atomic E-state index is -0.751. The van der Waals surface area contributed by atoms with Gasteiger partial charge >= 0.3 is 5.97 Å². The molecule has 2 rings (SSSR count). The zero-order chi connectivity index (χ0) is 11.0. The summed E-state index contributed by atoms with van der Waals surface area (Å²) in [6.07, 6.45) is 0.669. The van der Waals surface area contributed by atoms with Crippen molar-refractivity contribution < 1.29 is 14.6 Å². The van der Waals surface area contributed by atoms with E-state index in [-0.39, 0.29) is 11.8 Å². The van der Waals surface area contributed by atoms with E-state index >= 15 is 0 Å². The first-order chi connectivity index (χ1) is 7.13. The maximum absolute atomic E-state index is 10.7. The summed E-state index contributed by atoms with van der Waals surface area (Å²) in [5.41, 5.74) is 0.878. The van der Waals surface area contributed by atoms with Crippen molar-refractivity contribution in [1.29, 1.82) is 0 Å². The number of hydrogen-bond acceptors (Lipinski definition) is 2. The number of carboxylic acids is 1. The van der Waals surface area contributed by atoms with Crippen molar-refractivity contribution in [3.8, 4) is 5.75 Å². The Morgan fingerprint density at radius 1 is 1.60 bits per heavy atom. The molecule has 80 valence electrons. The fourth-order valence-electron chi connectivity index (χ4n) is 1.74. The molecule has 0 aliphatic heterocycles. The second-order valence-corrected chi connectivity index (χ2v) is 4.08. The lowest BCUT2D eigenvalue weighted by molar-refractivity contribution is -0.138. The van der Waals surface area contributed by atoms with Gasteiger partial charge in [0.25, 0.3) is 0 Å². The Hall–Kier alpha value is -1.22. The van der Waals surface area contributed by atoms with E-state index in [0.717, 1.165) is 5.56 Å². The molecule has 1 aliphatic rings. The van der Waals surface area contributed by atoms with Crippen molar-refractivity contribution in [2.24, 2.45) is 5.92 Å². The molecule has 0 heterocycles.